The van der Waals surface area contributed by atoms with E-state index in [4.69, 9.17) is 4.74 Å². The van der Waals surface area contributed by atoms with Crippen molar-refractivity contribution in [3.63, 3.8) is 0 Å². The van der Waals surface area contributed by atoms with Gasteiger partial charge < -0.3 is 10.1 Å². The summed E-state index contributed by atoms with van der Waals surface area (Å²) in [5.74, 6) is 1.59. The van der Waals surface area contributed by atoms with Crippen LogP contribution in [0.5, 0.6) is 5.75 Å². The zero-order chi connectivity index (χ0) is 18.6. The first-order valence-electron chi connectivity index (χ1n) is 8.93. The van der Waals surface area contributed by atoms with Gasteiger partial charge in [-0.2, -0.15) is 0 Å². The third-order valence-electron chi connectivity index (χ3n) is 4.65. The number of nitrogens with zero attached hydrogens (tertiary/aromatic N) is 3. The number of carbonyl (C=O) groups is 1. The third-order valence-corrected chi connectivity index (χ3v) is 4.65. The van der Waals surface area contributed by atoms with Crippen molar-refractivity contribution in [1.29, 1.82) is 0 Å². The van der Waals surface area contributed by atoms with Crippen molar-refractivity contribution < 1.29 is 9.53 Å². The van der Waals surface area contributed by atoms with Gasteiger partial charge in [0.05, 0.1) is 17.9 Å². The number of carbonyl (C=O) groups excluding carboxylic acids is 1. The zero-order valence-electron chi connectivity index (χ0n) is 15.1. The first-order chi connectivity index (χ1) is 13.2. The van der Waals surface area contributed by atoms with Crippen LogP contribution in [0.3, 0.4) is 0 Å². The predicted octanol–water partition coefficient (Wildman–Crippen LogP) is 2.83. The fraction of sp³-hybridized carbons (Fsp3) is 0.238. The molecule has 3 aromatic rings. The van der Waals surface area contributed by atoms with Crippen LogP contribution in [0.15, 0.2) is 55.0 Å². The second-order valence-electron chi connectivity index (χ2n) is 6.63. The lowest BCUT2D eigenvalue weighted by Crippen LogP contribution is -2.35. The lowest BCUT2D eigenvalue weighted by atomic mass is 9.96. The Morgan fingerprint density at radius 2 is 2.11 bits per heavy atom. The normalized spacial score (nSPS) is 15.5. The van der Waals surface area contributed by atoms with Crippen molar-refractivity contribution in [1.82, 2.24) is 20.3 Å². The van der Waals surface area contributed by atoms with Crippen molar-refractivity contribution in [3.05, 3.63) is 71.8 Å². The molecule has 0 saturated carbocycles. The Labute approximate surface area is 157 Å². The first kappa shape index (κ1) is 17.1. The van der Waals surface area contributed by atoms with E-state index in [2.05, 4.69) is 26.3 Å². The molecule has 1 amide bonds. The minimum atomic E-state index is -0.163. The average molecular weight is 360 g/mol. The van der Waals surface area contributed by atoms with Crippen molar-refractivity contribution in [2.24, 2.45) is 5.92 Å². The summed E-state index contributed by atoms with van der Waals surface area (Å²) < 4.78 is 5.78. The molecule has 1 aliphatic rings. The Morgan fingerprint density at radius 1 is 1.22 bits per heavy atom. The summed E-state index contributed by atoms with van der Waals surface area (Å²) >= 11 is 0. The minimum absolute atomic E-state index is 0.163. The number of ether oxygens (including phenoxy) is 1. The quantitative estimate of drug-likeness (QED) is 0.774. The highest BCUT2D eigenvalue weighted by Gasteiger charge is 2.21. The Kier molecular flexibility index (Phi) is 4.78. The van der Waals surface area contributed by atoms with Gasteiger partial charge in [-0.05, 0) is 37.1 Å². The van der Waals surface area contributed by atoms with Crippen LogP contribution in [0, 0.1) is 12.8 Å². The Morgan fingerprint density at radius 3 is 2.93 bits per heavy atom. The zero-order valence-corrected chi connectivity index (χ0v) is 15.1. The smallest absolute Gasteiger partial charge is 0.254 e. The number of pyridine rings is 1. The van der Waals surface area contributed by atoms with Crippen LogP contribution in [0.1, 0.15) is 21.6 Å². The number of rotatable bonds is 4. The molecule has 0 spiro atoms. The number of hydrogen-bond acceptors (Lipinski definition) is 5. The fourth-order valence-corrected chi connectivity index (χ4v) is 3.18. The number of aryl methyl sites for hydroxylation is 1. The van der Waals surface area contributed by atoms with Gasteiger partial charge in [0, 0.05) is 36.6 Å². The van der Waals surface area contributed by atoms with Crippen LogP contribution in [0.25, 0.3) is 11.4 Å². The highest BCUT2D eigenvalue weighted by Crippen LogP contribution is 2.26. The summed E-state index contributed by atoms with van der Waals surface area (Å²) in [5, 5.41) is 2.99. The maximum atomic E-state index is 12.6. The van der Waals surface area contributed by atoms with Crippen LogP contribution < -0.4 is 10.1 Å². The lowest BCUT2D eigenvalue weighted by molar-refractivity contribution is 0.0937. The maximum Gasteiger partial charge on any atom is 0.254 e. The summed E-state index contributed by atoms with van der Waals surface area (Å²) in [7, 11) is 0. The molecule has 1 aromatic carbocycles. The second kappa shape index (κ2) is 7.53. The molecule has 27 heavy (non-hydrogen) atoms. The van der Waals surface area contributed by atoms with Crippen LogP contribution in [-0.2, 0) is 6.42 Å². The maximum absolute atomic E-state index is 12.6. The lowest BCUT2D eigenvalue weighted by Gasteiger charge is -2.25. The van der Waals surface area contributed by atoms with E-state index >= 15 is 0 Å². The third kappa shape index (κ3) is 3.79. The molecule has 2 aromatic heterocycles. The molecule has 0 unspecified atom stereocenters. The number of para-hydroxylation sites is 1. The standard InChI is InChI=1S/C21H20N4O2/c1-14-18(12-23-20(25-14)17-6-4-8-22-11-17)21(26)24-10-15-9-16-5-2-3-7-19(16)27-13-15/h2-8,11-12,15H,9-10,13H2,1H3,(H,24,26)/t15-/m1/s1. The van der Waals surface area contributed by atoms with Crippen molar-refractivity contribution in [2.75, 3.05) is 13.2 Å². The van der Waals surface area contributed by atoms with E-state index in [1.54, 1.807) is 18.6 Å². The summed E-state index contributed by atoms with van der Waals surface area (Å²) in [6.45, 7) is 2.97. The number of hydrogen-bond donors (Lipinski definition) is 1. The van der Waals surface area contributed by atoms with Gasteiger partial charge in [-0.15, -0.1) is 0 Å². The van der Waals surface area contributed by atoms with Gasteiger partial charge in [-0.1, -0.05) is 18.2 Å². The molecule has 136 valence electrons. The summed E-state index contributed by atoms with van der Waals surface area (Å²) in [5.41, 5.74) is 3.14. The minimum Gasteiger partial charge on any atom is -0.493 e. The number of benzene rings is 1. The largest absolute Gasteiger partial charge is 0.493 e. The van der Waals surface area contributed by atoms with E-state index in [1.807, 2.05) is 37.3 Å². The van der Waals surface area contributed by atoms with E-state index < -0.39 is 0 Å². The van der Waals surface area contributed by atoms with E-state index in [0.29, 0.717) is 30.2 Å². The van der Waals surface area contributed by atoms with Gasteiger partial charge in [0.25, 0.3) is 5.91 Å². The van der Waals surface area contributed by atoms with Crippen molar-refractivity contribution >= 4 is 5.91 Å². The van der Waals surface area contributed by atoms with Crippen LogP contribution in [-0.4, -0.2) is 34.0 Å². The molecule has 0 fully saturated rings. The molecular weight excluding hydrogens is 340 g/mol. The van der Waals surface area contributed by atoms with E-state index in [-0.39, 0.29) is 11.8 Å². The highest BCUT2D eigenvalue weighted by molar-refractivity contribution is 5.95. The van der Waals surface area contributed by atoms with Crippen LogP contribution in [0.4, 0.5) is 0 Å². The summed E-state index contributed by atoms with van der Waals surface area (Å²) in [6.07, 6.45) is 5.87. The molecule has 1 atom stereocenters. The molecule has 0 saturated heterocycles. The molecule has 1 aliphatic heterocycles. The van der Waals surface area contributed by atoms with E-state index in [0.717, 1.165) is 17.7 Å². The Hall–Kier alpha value is -3.28. The molecule has 3 heterocycles. The van der Waals surface area contributed by atoms with E-state index in [9.17, 15) is 4.79 Å². The van der Waals surface area contributed by atoms with Crippen molar-refractivity contribution in [2.45, 2.75) is 13.3 Å². The summed E-state index contributed by atoms with van der Waals surface area (Å²) in [6, 6.07) is 11.8. The van der Waals surface area contributed by atoms with Gasteiger partial charge in [-0.3, -0.25) is 9.78 Å². The first-order valence-corrected chi connectivity index (χ1v) is 8.93. The summed E-state index contributed by atoms with van der Waals surface area (Å²) in [4.78, 5) is 25.4. The number of aromatic nitrogens is 3. The molecular formula is C21H20N4O2. The van der Waals surface area contributed by atoms with Crippen LogP contribution >= 0.6 is 0 Å². The molecule has 0 bridgehead atoms. The van der Waals surface area contributed by atoms with Crippen LogP contribution in [0.2, 0.25) is 0 Å². The second-order valence-corrected chi connectivity index (χ2v) is 6.63. The molecule has 0 aliphatic carbocycles. The molecule has 6 nitrogen and oxygen atoms in total. The molecule has 0 radical (unpaired) electrons. The SMILES string of the molecule is Cc1nc(-c2cccnc2)ncc1C(=O)NC[C@@H]1COc2ccccc2C1. The van der Waals surface area contributed by atoms with E-state index in [1.165, 1.54) is 5.56 Å². The Balaban J connectivity index is 1.40. The van der Waals surface area contributed by atoms with Gasteiger partial charge >= 0.3 is 0 Å². The highest BCUT2D eigenvalue weighted by atomic mass is 16.5. The van der Waals surface area contributed by atoms with Gasteiger partial charge in [0.2, 0.25) is 0 Å². The Bertz CT molecular complexity index is 959. The number of amides is 1. The fourth-order valence-electron chi connectivity index (χ4n) is 3.18. The average Bonchev–Trinajstić information content (AvgIpc) is 2.72. The number of nitrogens with one attached hydrogen (secondary N) is 1. The topological polar surface area (TPSA) is 77.0 Å². The van der Waals surface area contributed by atoms with Gasteiger partial charge in [-0.25, -0.2) is 9.97 Å². The van der Waals surface area contributed by atoms with Gasteiger partial charge in [0.15, 0.2) is 5.82 Å². The molecule has 4 rings (SSSR count). The van der Waals surface area contributed by atoms with Gasteiger partial charge in [0.1, 0.15) is 5.75 Å². The molecule has 1 N–H and O–H groups in total. The monoisotopic (exact) mass is 360 g/mol. The molecule has 6 heteroatoms. The predicted molar refractivity (Wildman–Crippen MR) is 101 cm³/mol. The van der Waals surface area contributed by atoms with Crippen molar-refractivity contribution in [3.8, 4) is 17.1 Å². The number of fused-ring (bicyclic) bond motifs is 1.